The monoisotopic (exact) mass is 418 g/mol. The van der Waals surface area contributed by atoms with Crippen LogP contribution in [-0.2, 0) is 14.3 Å². The normalized spacial score (nSPS) is 12.1. The lowest BCUT2D eigenvalue weighted by Crippen LogP contribution is -2.13. The van der Waals surface area contributed by atoms with Gasteiger partial charge in [-0.15, -0.1) is 0 Å². The van der Waals surface area contributed by atoms with Gasteiger partial charge in [0.2, 0.25) is 5.89 Å². The molecule has 0 N–H and O–H groups in total. The van der Waals surface area contributed by atoms with Crippen molar-refractivity contribution in [3.05, 3.63) is 59.8 Å². The number of hydrogen-bond acceptors (Lipinski definition) is 8. The summed E-state index contributed by atoms with van der Waals surface area (Å²) in [6.07, 6.45) is 6.26. The van der Waals surface area contributed by atoms with E-state index in [4.69, 9.17) is 17.8 Å². The van der Waals surface area contributed by atoms with Crippen LogP contribution in [0.1, 0.15) is 42.9 Å². The molecule has 2 aromatic heterocycles. The molecular formula is C20H22N2O6S. The largest absolute Gasteiger partial charge is 0.473 e. The molecule has 154 valence electrons. The van der Waals surface area contributed by atoms with E-state index in [1.54, 1.807) is 30.5 Å². The SMILES string of the molecule is Cc1ccc(S(=O)(=O)OCCOc2coc(/C=C/c3cnc(C(C)C)o3)n2)cc1. The quantitative estimate of drug-likeness (QED) is 0.379. The lowest BCUT2D eigenvalue weighted by molar-refractivity contribution is 0.215. The number of nitrogens with zero attached hydrogens (tertiary/aromatic N) is 2. The van der Waals surface area contributed by atoms with E-state index >= 15 is 0 Å². The van der Waals surface area contributed by atoms with E-state index < -0.39 is 10.1 Å². The van der Waals surface area contributed by atoms with Gasteiger partial charge in [0.15, 0.2) is 12.2 Å². The molecule has 3 rings (SSSR count). The molecule has 0 atom stereocenters. The van der Waals surface area contributed by atoms with Crippen molar-refractivity contribution < 1.29 is 26.2 Å². The van der Waals surface area contributed by atoms with Gasteiger partial charge in [-0.25, -0.2) is 4.98 Å². The van der Waals surface area contributed by atoms with Crippen LogP contribution in [0.3, 0.4) is 0 Å². The molecule has 0 aliphatic heterocycles. The third kappa shape index (κ3) is 5.78. The van der Waals surface area contributed by atoms with Gasteiger partial charge in [-0.3, -0.25) is 4.18 Å². The molecule has 1 aromatic carbocycles. The number of aryl methyl sites for hydroxylation is 1. The van der Waals surface area contributed by atoms with Gasteiger partial charge < -0.3 is 13.6 Å². The molecule has 0 spiro atoms. The zero-order chi connectivity index (χ0) is 20.9. The van der Waals surface area contributed by atoms with Gasteiger partial charge in [-0.2, -0.15) is 13.4 Å². The molecule has 0 saturated heterocycles. The number of hydrogen-bond donors (Lipinski definition) is 0. The standard InChI is InChI=1S/C20H22N2O6S/c1-14(2)20-21-12-16(28-20)6-9-18-22-19(13-26-18)25-10-11-27-29(23,24)17-7-4-15(3)5-8-17/h4-9,12-14H,10-11H2,1-3H3/b9-6+. The van der Waals surface area contributed by atoms with E-state index in [-0.39, 0.29) is 29.9 Å². The van der Waals surface area contributed by atoms with Crippen LogP contribution in [0.5, 0.6) is 5.88 Å². The first-order valence-electron chi connectivity index (χ1n) is 9.02. The van der Waals surface area contributed by atoms with Crippen molar-refractivity contribution in [3.8, 4) is 5.88 Å². The molecule has 0 aliphatic carbocycles. The molecule has 0 fully saturated rings. The Morgan fingerprint density at radius 3 is 2.59 bits per heavy atom. The molecule has 8 nitrogen and oxygen atoms in total. The van der Waals surface area contributed by atoms with E-state index in [9.17, 15) is 8.42 Å². The number of oxazole rings is 2. The number of rotatable bonds is 9. The highest BCUT2D eigenvalue weighted by molar-refractivity contribution is 7.86. The Balaban J connectivity index is 1.47. The molecule has 0 aliphatic rings. The molecule has 0 amide bonds. The second kappa shape index (κ2) is 9.06. The molecule has 29 heavy (non-hydrogen) atoms. The van der Waals surface area contributed by atoms with Crippen LogP contribution in [0.2, 0.25) is 0 Å². The first-order valence-corrected chi connectivity index (χ1v) is 10.4. The van der Waals surface area contributed by atoms with E-state index in [0.29, 0.717) is 17.5 Å². The Morgan fingerprint density at radius 1 is 1.14 bits per heavy atom. The highest BCUT2D eigenvalue weighted by Gasteiger charge is 2.15. The minimum Gasteiger partial charge on any atom is -0.473 e. The summed E-state index contributed by atoms with van der Waals surface area (Å²) in [6.45, 7) is 5.71. The smallest absolute Gasteiger partial charge is 0.297 e. The Bertz CT molecular complexity index is 1060. The predicted octanol–water partition coefficient (Wildman–Crippen LogP) is 4.05. The molecular weight excluding hydrogens is 396 g/mol. The van der Waals surface area contributed by atoms with Crippen LogP contribution in [0.4, 0.5) is 0 Å². The summed E-state index contributed by atoms with van der Waals surface area (Å²) in [7, 11) is -3.82. The van der Waals surface area contributed by atoms with Crippen molar-refractivity contribution in [2.75, 3.05) is 13.2 Å². The van der Waals surface area contributed by atoms with E-state index in [0.717, 1.165) is 5.56 Å². The number of aromatic nitrogens is 2. The van der Waals surface area contributed by atoms with Crippen LogP contribution in [0.15, 0.2) is 50.5 Å². The summed E-state index contributed by atoms with van der Waals surface area (Å²) >= 11 is 0. The van der Waals surface area contributed by atoms with Gasteiger partial charge in [0.1, 0.15) is 19.0 Å². The molecule has 0 unspecified atom stereocenters. The van der Waals surface area contributed by atoms with E-state index in [2.05, 4.69) is 9.97 Å². The van der Waals surface area contributed by atoms with Crippen LogP contribution in [0.25, 0.3) is 12.2 Å². The van der Waals surface area contributed by atoms with E-state index in [1.807, 2.05) is 20.8 Å². The molecule has 3 aromatic rings. The van der Waals surface area contributed by atoms with Crippen molar-refractivity contribution >= 4 is 22.3 Å². The summed E-state index contributed by atoms with van der Waals surface area (Å²) < 4.78 is 45.3. The average Bonchev–Trinajstić information content (AvgIpc) is 3.33. The van der Waals surface area contributed by atoms with Gasteiger partial charge in [0.05, 0.1) is 11.1 Å². The number of ether oxygens (including phenoxy) is 1. The van der Waals surface area contributed by atoms with Crippen molar-refractivity contribution in [2.45, 2.75) is 31.6 Å². The third-order valence-corrected chi connectivity index (χ3v) is 5.13. The minimum atomic E-state index is -3.82. The highest BCUT2D eigenvalue weighted by Crippen LogP contribution is 2.17. The van der Waals surface area contributed by atoms with Gasteiger partial charge >= 0.3 is 0 Å². The predicted molar refractivity (Wildman–Crippen MR) is 106 cm³/mol. The van der Waals surface area contributed by atoms with Gasteiger partial charge in [0, 0.05) is 12.0 Å². The van der Waals surface area contributed by atoms with Crippen molar-refractivity contribution in [1.29, 1.82) is 0 Å². The fourth-order valence-corrected chi connectivity index (χ4v) is 3.17. The van der Waals surface area contributed by atoms with Crippen LogP contribution < -0.4 is 4.74 Å². The molecule has 2 heterocycles. The van der Waals surface area contributed by atoms with Crippen molar-refractivity contribution in [2.24, 2.45) is 0 Å². The molecule has 0 radical (unpaired) electrons. The number of benzene rings is 1. The Kier molecular flexibility index (Phi) is 6.50. The second-order valence-electron chi connectivity index (χ2n) is 6.55. The zero-order valence-corrected chi connectivity index (χ0v) is 17.2. The summed E-state index contributed by atoms with van der Waals surface area (Å²) in [5.74, 6) is 1.98. The summed E-state index contributed by atoms with van der Waals surface area (Å²) in [5.41, 5.74) is 0.965. The highest BCUT2D eigenvalue weighted by atomic mass is 32.2. The molecule has 0 bridgehead atoms. The minimum absolute atomic E-state index is 0.000626. The van der Waals surface area contributed by atoms with Crippen LogP contribution >= 0.6 is 0 Å². The fraction of sp³-hybridized carbons (Fsp3) is 0.300. The Morgan fingerprint density at radius 2 is 1.90 bits per heavy atom. The molecule has 0 saturated carbocycles. The first kappa shape index (κ1) is 20.8. The maximum Gasteiger partial charge on any atom is 0.297 e. The van der Waals surface area contributed by atoms with Gasteiger partial charge in [0.25, 0.3) is 16.0 Å². The lowest BCUT2D eigenvalue weighted by Gasteiger charge is -2.06. The van der Waals surface area contributed by atoms with E-state index in [1.165, 1.54) is 18.4 Å². The van der Waals surface area contributed by atoms with Crippen molar-refractivity contribution in [1.82, 2.24) is 9.97 Å². The van der Waals surface area contributed by atoms with Crippen LogP contribution in [0, 0.1) is 6.92 Å². The topological polar surface area (TPSA) is 105 Å². The average molecular weight is 418 g/mol. The van der Waals surface area contributed by atoms with Crippen LogP contribution in [-0.4, -0.2) is 31.6 Å². The Hall–Kier alpha value is -2.91. The third-order valence-electron chi connectivity index (χ3n) is 3.81. The summed E-state index contributed by atoms with van der Waals surface area (Å²) in [6, 6.07) is 6.42. The maximum absolute atomic E-state index is 12.1. The summed E-state index contributed by atoms with van der Waals surface area (Å²) in [5, 5.41) is 0. The second-order valence-corrected chi connectivity index (χ2v) is 8.17. The van der Waals surface area contributed by atoms with Crippen molar-refractivity contribution in [3.63, 3.8) is 0 Å². The maximum atomic E-state index is 12.1. The summed E-state index contributed by atoms with van der Waals surface area (Å²) in [4.78, 5) is 8.40. The Labute approximate surface area is 169 Å². The molecule has 9 heteroatoms. The fourth-order valence-electron chi connectivity index (χ4n) is 2.28. The van der Waals surface area contributed by atoms with Gasteiger partial charge in [-0.05, 0) is 25.1 Å². The zero-order valence-electron chi connectivity index (χ0n) is 16.4. The first-order chi connectivity index (χ1) is 13.8. The lowest BCUT2D eigenvalue weighted by atomic mass is 10.2. The van der Waals surface area contributed by atoms with Gasteiger partial charge in [-0.1, -0.05) is 31.5 Å².